The number of nitrogens with two attached hydrogens (primary N) is 1. The summed E-state index contributed by atoms with van der Waals surface area (Å²) in [6, 6.07) is 3.85. The quantitative estimate of drug-likeness (QED) is 0.778. The number of nitrogens with one attached hydrogen (secondary N) is 1. The van der Waals surface area contributed by atoms with E-state index in [0.717, 1.165) is 4.90 Å². The Labute approximate surface area is 118 Å². The van der Waals surface area contributed by atoms with Crippen molar-refractivity contribution in [2.45, 2.75) is 5.92 Å². The molecule has 0 spiro atoms. The standard InChI is InChI=1S/C13H13F2N3O3/c1-18-11(20)8-3-2-7(4-9(8)12(18)21)10(19)17-6-13(14,15)5-16/h2-4H,5-6,16H2,1H3,(H,17,19). The predicted octanol–water partition coefficient (Wildman–Crippen LogP) is 0.236. The van der Waals surface area contributed by atoms with Crippen LogP contribution in [0.25, 0.3) is 0 Å². The van der Waals surface area contributed by atoms with Crippen molar-refractivity contribution in [3.63, 3.8) is 0 Å². The molecule has 1 aromatic carbocycles. The van der Waals surface area contributed by atoms with Crippen molar-refractivity contribution in [2.24, 2.45) is 5.73 Å². The van der Waals surface area contributed by atoms with Crippen LogP contribution in [-0.2, 0) is 0 Å². The Morgan fingerprint density at radius 3 is 2.52 bits per heavy atom. The van der Waals surface area contributed by atoms with E-state index < -0.39 is 36.7 Å². The zero-order valence-corrected chi connectivity index (χ0v) is 11.2. The first-order valence-electron chi connectivity index (χ1n) is 6.09. The first kappa shape index (κ1) is 15.0. The van der Waals surface area contributed by atoms with Gasteiger partial charge in [0.15, 0.2) is 0 Å². The van der Waals surface area contributed by atoms with Gasteiger partial charge in [0.2, 0.25) is 0 Å². The van der Waals surface area contributed by atoms with Gasteiger partial charge in [0.05, 0.1) is 24.2 Å². The molecule has 0 aliphatic carbocycles. The molecule has 1 aliphatic heterocycles. The summed E-state index contributed by atoms with van der Waals surface area (Å²) in [7, 11) is 1.33. The smallest absolute Gasteiger partial charge is 0.277 e. The van der Waals surface area contributed by atoms with Crippen molar-refractivity contribution < 1.29 is 23.2 Å². The summed E-state index contributed by atoms with van der Waals surface area (Å²) >= 11 is 0. The predicted molar refractivity (Wildman–Crippen MR) is 69.2 cm³/mol. The maximum absolute atomic E-state index is 13.0. The molecule has 3 amide bonds. The lowest BCUT2D eigenvalue weighted by molar-refractivity contribution is 0.0118. The molecule has 0 atom stereocenters. The summed E-state index contributed by atoms with van der Waals surface area (Å²) in [5, 5.41) is 2.04. The molecular formula is C13H13F2N3O3. The highest BCUT2D eigenvalue weighted by Crippen LogP contribution is 2.22. The topological polar surface area (TPSA) is 92.5 Å². The van der Waals surface area contributed by atoms with Crippen molar-refractivity contribution in [1.82, 2.24) is 10.2 Å². The Kier molecular flexibility index (Phi) is 3.73. The number of carbonyl (C=O) groups is 3. The number of amides is 3. The zero-order valence-electron chi connectivity index (χ0n) is 11.2. The molecule has 0 saturated carbocycles. The molecule has 0 saturated heterocycles. The highest BCUT2D eigenvalue weighted by Gasteiger charge is 2.33. The second-order valence-electron chi connectivity index (χ2n) is 4.67. The summed E-state index contributed by atoms with van der Waals surface area (Å²) in [4.78, 5) is 36.2. The average molecular weight is 297 g/mol. The molecule has 1 aromatic rings. The second-order valence-corrected chi connectivity index (χ2v) is 4.67. The van der Waals surface area contributed by atoms with Crippen LogP contribution in [0.4, 0.5) is 8.78 Å². The average Bonchev–Trinajstić information content (AvgIpc) is 2.69. The minimum atomic E-state index is -3.20. The first-order chi connectivity index (χ1) is 9.76. The van der Waals surface area contributed by atoms with Crippen LogP contribution in [0.3, 0.4) is 0 Å². The zero-order chi connectivity index (χ0) is 15.8. The second kappa shape index (κ2) is 5.21. The molecule has 1 aliphatic rings. The van der Waals surface area contributed by atoms with E-state index in [4.69, 9.17) is 5.73 Å². The molecule has 6 nitrogen and oxygen atoms in total. The number of rotatable bonds is 4. The maximum atomic E-state index is 13.0. The Bertz CT molecular complexity index is 631. The summed E-state index contributed by atoms with van der Waals surface area (Å²) in [5.74, 6) is -4.95. The van der Waals surface area contributed by atoms with Crippen LogP contribution in [0.1, 0.15) is 31.1 Å². The van der Waals surface area contributed by atoms with E-state index in [0.29, 0.717) is 0 Å². The Balaban J connectivity index is 2.19. The van der Waals surface area contributed by atoms with Gasteiger partial charge in [-0.2, -0.15) is 0 Å². The number of nitrogens with zero attached hydrogens (tertiary/aromatic N) is 1. The van der Waals surface area contributed by atoms with E-state index in [1.54, 1.807) is 0 Å². The SMILES string of the molecule is CN1C(=O)c2ccc(C(=O)NCC(F)(F)CN)cc2C1=O. The van der Waals surface area contributed by atoms with Crippen LogP contribution < -0.4 is 11.1 Å². The first-order valence-corrected chi connectivity index (χ1v) is 6.09. The molecule has 0 bridgehead atoms. The fourth-order valence-electron chi connectivity index (χ4n) is 1.89. The number of hydrogen-bond donors (Lipinski definition) is 2. The molecule has 0 radical (unpaired) electrons. The summed E-state index contributed by atoms with van der Waals surface area (Å²) in [6.07, 6.45) is 0. The Morgan fingerprint density at radius 2 is 1.90 bits per heavy atom. The molecule has 8 heteroatoms. The number of hydrogen-bond acceptors (Lipinski definition) is 4. The number of imide groups is 1. The van der Waals surface area contributed by atoms with E-state index >= 15 is 0 Å². The van der Waals surface area contributed by atoms with Gasteiger partial charge in [-0.1, -0.05) is 0 Å². The molecule has 3 N–H and O–H groups in total. The molecule has 1 heterocycles. The van der Waals surface area contributed by atoms with Gasteiger partial charge in [-0.25, -0.2) is 8.78 Å². The largest absolute Gasteiger partial charge is 0.346 e. The molecular weight excluding hydrogens is 284 g/mol. The summed E-state index contributed by atoms with van der Waals surface area (Å²) < 4.78 is 25.9. The van der Waals surface area contributed by atoms with Gasteiger partial charge in [-0.15, -0.1) is 0 Å². The van der Waals surface area contributed by atoms with Gasteiger partial charge in [-0.3, -0.25) is 19.3 Å². The lowest BCUT2D eigenvalue weighted by atomic mass is 10.1. The van der Waals surface area contributed by atoms with Crippen LogP contribution in [0, 0.1) is 0 Å². The fourth-order valence-corrected chi connectivity index (χ4v) is 1.89. The third-order valence-electron chi connectivity index (χ3n) is 3.16. The number of carbonyl (C=O) groups excluding carboxylic acids is 3. The van der Waals surface area contributed by atoms with E-state index in [1.165, 1.54) is 25.2 Å². The van der Waals surface area contributed by atoms with Crippen molar-refractivity contribution in [3.8, 4) is 0 Å². The van der Waals surface area contributed by atoms with Gasteiger partial charge in [0.25, 0.3) is 23.6 Å². The van der Waals surface area contributed by atoms with E-state index in [2.05, 4.69) is 0 Å². The van der Waals surface area contributed by atoms with Crippen LogP contribution in [0.5, 0.6) is 0 Å². The highest BCUT2D eigenvalue weighted by atomic mass is 19.3. The van der Waals surface area contributed by atoms with Crippen LogP contribution in [-0.4, -0.2) is 48.7 Å². The molecule has 0 unspecified atom stereocenters. The van der Waals surface area contributed by atoms with Gasteiger partial charge in [0.1, 0.15) is 0 Å². The van der Waals surface area contributed by atoms with Crippen LogP contribution in [0.2, 0.25) is 0 Å². The molecule has 21 heavy (non-hydrogen) atoms. The molecule has 2 rings (SSSR count). The van der Waals surface area contributed by atoms with Crippen molar-refractivity contribution in [2.75, 3.05) is 20.1 Å². The van der Waals surface area contributed by atoms with E-state index in [9.17, 15) is 23.2 Å². The van der Waals surface area contributed by atoms with Crippen molar-refractivity contribution >= 4 is 17.7 Å². The minimum Gasteiger partial charge on any atom is -0.346 e. The normalized spacial score (nSPS) is 14.4. The minimum absolute atomic E-state index is 0.0259. The summed E-state index contributed by atoms with van der Waals surface area (Å²) in [5.41, 5.74) is 5.16. The number of halogens is 2. The third kappa shape index (κ3) is 2.75. The van der Waals surface area contributed by atoms with Crippen molar-refractivity contribution in [3.05, 3.63) is 34.9 Å². The van der Waals surface area contributed by atoms with Gasteiger partial charge >= 0.3 is 0 Å². The number of fused-ring (bicyclic) bond motifs is 1. The van der Waals surface area contributed by atoms with Crippen LogP contribution >= 0.6 is 0 Å². The fraction of sp³-hybridized carbons (Fsp3) is 0.308. The maximum Gasteiger partial charge on any atom is 0.277 e. The Morgan fingerprint density at radius 1 is 1.29 bits per heavy atom. The third-order valence-corrected chi connectivity index (χ3v) is 3.16. The van der Waals surface area contributed by atoms with Gasteiger partial charge in [-0.05, 0) is 18.2 Å². The summed E-state index contributed by atoms with van der Waals surface area (Å²) in [6.45, 7) is -1.78. The highest BCUT2D eigenvalue weighted by molar-refractivity contribution is 6.21. The van der Waals surface area contributed by atoms with Gasteiger partial charge in [0, 0.05) is 12.6 Å². The lowest BCUT2D eigenvalue weighted by Gasteiger charge is -2.14. The number of alkyl halides is 2. The molecule has 0 aromatic heterocycles. The van der Waals surface area contributed by atoms with Crippen molar-refractivity contribution in [1.29, 1.82) is 0 Å². The molecule has 112 valence electrons. The van der Waals surface area contributed by atoms with E-state index in [1.807, 2.05) is 5.32 Å². The van der Waals surface area contributed by atoms with Gasteiger partial charge < -0.3 is 11.1 Å². The van der Waals surface area contributed by atoms with Crippen LogP contribution in [0.15, 0.2) is 18.2 Å². The monoisotopic (exact) mass is 297 g/mol. The lowest BCUT2D eigenvalue weighted by Crippen LogP contribution is -2.41. The number of benzene rings is 1. The van der Waals surface area contributed by atoms with E-state index in [-0.39, 0.29) is 16.7 Å². The molecule has 0 fully saturated rings. The Hall–Kier alpha value is -2.35.